The fraction of sp³-hybridized carbons (Fsp3) is 0.280. The number of hydrogen-bond acceptors (Lipinski definition) is 3. The van der Waals surface area contributed by atoms with E-state index in [1.54, 1.807) is 23.2 Å². The molecule has 29 heavy (non-hydrogen) atoms. The lowest BCUT2D eigenvalue weighted by molar-refractivity contribution is -0.152. The van der Waals surface area contributed by atoms with Gasteiger partial charge in [-0.05, 0) is 30.5 Å². The maximum atomic E-state index is 13.5. The third-order valence-corrected chi connectivity index (χ3v) is 5.58. The number of benzene rings is 2. The van der Waals surface area contributed by atoms with Crippen molar-refractivity contribution in [2.45, 2.75) is 32.2 Å². The Bertz CT molecular complexity index is 918. The van der Waals surface area contributed by atoms with E-state index >= 15 is 0 Å². The van der Waals surface area contributed by atoms with E-state index in [2.05, 4.69) is 6.92 Å². The van der Waals surface area contributed by atoms with E-state index in [-0.39, 0.29) is 11.8 Å². The highest BCUT2D eigenvalue weighted by molar-refractivity contribution is 5.99. The number of methoxy groups -OCH3 is 1. The second-order valence-electron chi connectivity index (χ2n) is 7.40. The van der Waals surface area contributed by atoms with Crippen LogP contribution in [0.15, 0.2) is 84.6 Å². The molecule has 3 rings (SSSR count). The average molecular weight is 389 g/mol. The van der Waals surface area contributed by atoms with Gasteiger partial charge in [-0.25, -0.2) is 4.79 Å². The molecule has 0 radical (unpaired) electrons. The maximum absolute atomic E-state index is 13.5. The Kier molecular flexibility index (Phi) is 6.32. The summed E-state index contributed by atoms with van der Waals surface area (Å²) in [5.74, 6) is -0.509. The lowest BCUT2D eigenvalue weighted by atomic mass is 9.80. The minimum absolute atomic E-state index is 0.119. The van der Waals surface area contributed by atoms with Gasteiger partial charge in [0.1, 0.15) is 0 Å². The Hall–Kier alpha value is -3.14. The van der Waals surface area contributed by atoms with Gasteiger partial charge in [-0.2, -0.15) is 0 Å². The Balaban J connectivity index is 2.17. The molecular weight excluding hydrogens is 362 g/mol. The molecule has 0 saturated heterocycles. The number of allylic oxidation sites excluding steroid dienone is 2. The van der Waals surface area contributed by atoms with Crippen LogP contribution in [0.1, 0.15) is 36.2 Å². The number of nitrogens with zero attached hydrogens (tertiary/aromatic N) is 1. The molecule has 0 saturated carbocycles. The zero-order valence-electron chi connectivity index (χ0n) is 17.2. The van der Waals surface area contributed by atoms with Crippen LogP contribution in [0.5, 0.6) is 0 Å². The van der Waals surface area contributed by atoms with Crippen LogP contribution in [-0.2, 0) is 16.0 Å². The number of carbonyl (C=O) groups is 2. The number of ether oxygens (including phenoxy) is 1. The number of hydrogen-bond donors (Lipinski definition) is 0. The van der Waals surface area contributed by atoms with Gasteiger partial charge in [-0.15, -0.1) is 0 Å². The molecule has 1 amide bonds. The monoisotopic (exact) mass is 389 g/mol. The first-order valence-electron chi connectivity index (χ1n) is 9.86. The molecule has 0 bridgehead atoms. The van der Waals surface area contributed by atoms with Crippen LogP contribution in [0.3, 0.4) is 0 Å². The third kappa shape index (κ3) is 4.16. The zero-order valence-corrected chi connectivity index (χ0v) is 17.2. The number of amides is 1. The lowest BCUT2D eigenvalue weighted by Crippen LogP contribution is -2.56. The highest BCUT2D eigenvalue weighted by Gasteiger charge is 2.49. The van der Waals surface area contributed by atoms with Gasteiger partial charge >= 0.3 is 5.97 Å². The molecule has 4 heteroatoms. The van der Waals surface area contributed by atoms with E-state index < -0.39 is 11.5 Å². The largest absolute Gasteiger partial charge is 0.467 e. The van der Waals surface area contributed by atoms with E-state index in [0.717, 1.165) is 11.1 Å². The zero-order chi connectivity index (χ0) is 20.9. The van der Waals surface area contributed by atoms with Crippen molar-refractivity contribution in [3.63, 3.8) is 0 Å². The summed E-state index contributed by atoms with van der Waals surface area (Å²) >= 11 is 0. The van der Waals surface area contributed by atoms with E-state index in [1.165, 1.54) is 7.11 Å². The fourth-order valence-corrected chi connectivity index (χ4v) is 3.93. The summed E-state index contributed by atoms with van der Waals surface area (Å²) in [6.07, 6.45) is 6.56. The smallest absolute Gasteiger partial charge is 0.332 e. The molecule has 0 N–H and O–H groups in total. The Labute approximate surface area is 172 Å². The van der Waals surface area contributed by atoms with Gasteiger partial charge in [0.05, 0.1) is 7.11 Å². The van der Waals surface area contributed by atoms with Gasteiger partial charge in [0.2, 0.25) is 0 Å². The molecule has 2 atom stereocenters. The molecule has 1 aliphatic rings. The molecule has 0 fully saturated rings. The van der Waals surface area contributed by atoms with E-state index in [9.17, 15) is 9.59 Å². The number of esters is 1. The predicted octanol–water partition coefficient (Wildman–Crippen LogP) is 4.78. The molecule has 4 nitrogen and oxygen atoms in total. The molecule has 2 aromatic rings. The molecular formula is C25H27NO3. The van der Waals surface area contributed by atoms with Crippen molar-refractivity contribution in [2.24, 2.45) is 5.92 Å². The Morgan fingerprint density at radius 3 is 2.31 bits per heavy atom. The Morgan fingerprint density at radius 2 is 1.72 bits per heavy atom. The minimum Gasteiger partial charge on any atom is -0.467 e. The van der Waals surface area contributed by atoms with Crippen LogP contribution in [0.2, 0.25) is 0 Å². The van der Waals surface area contributed by atoms with Crippen molar-refractivity contribution in [1.82, 2.24) is 4.90 Å². The van der Waals surface area contributed by atoms with Crippen molar-refractivity contribution >= 4 is 11.9 Å². The maximum Gasteiger partial charge on any atom is 0.332 e. The van der Waals surface area contributed by atoms with Crippen molar-refractivity contribution in [3.05, 3.63) is 95.7 Å². The van der Waals surface area contributed by atoms with E-state index in [0.29, 0.717) is 18.4 Å². The first-order chi connectivity index (χ1) is 14.0. The minimum atomic E-state index is -1.16. The SMILES string of the molecule is C/C=C1/CC(Cc2ccccc2)(C(=O)OC)N(C(=O)c2ccccc2)C=CC1C. The summed E-state index contributed by atoms with van der Waals surface area (Å²) in [6, 6.07) is 18.8. The normalized spacial score (nSPS) is 22.9. The molecule has 2 aromatic carbocycles. The van der Waals surface area contributed by atoms with Gasteiger partial charge in [-0.3, -0.25) is 9.69 Å². The first kappa shape index (κ1) is 20.6. The second kappa shape index (κ2) is 8.91. The van der Waals surface area contributed by atoms with Crippen LogP contribution in [0.25, 0.3) is 0 Å². The van der Waals surface area contributed by atoms with Crippen LogP contribution in [-0.4, -0.2) is 29.4 Å². The highest BCUT2D eigenvalue weighted by Crippen LogP contribution is 2.37. The molecule has 2 unspecified atom stereocenters. The first-order valence-corrected chi connectivity index (χ1v) is 9.86. The summed E-state index contributed by atoms with van der Waals surface area (Å²) in [6.45, 7) is 4.05. The standard InChI is InChI=1S/C25H27NO3/c1-4-21-18-25(24(28)29-3,17-20-11-7-5-8-12-20)26(16-15-19(21)2)23(27)22-13-9-6-10-14-22/h4-16,19H,17-18H2,1-3H3/b21-4-. The van der Waals surface area contributed by atoms with Crippen LogP contribution in [0.4, 0.5) is 0 Å². The average Bonchev–Trinajstić information content (AvgIpc) is 2.91. The van der Waals surface area contributed by atoms with Gasteiger partial charge in [0, 0.05) is 24.6 Å². The van der Waals surface area contributed by atoms with Gasteiger partial charge in [0.25, 0.3) is 5.91 Å². The molecule has 0 spiro atoms. The summed E-state index contributed by atoms with van der Waals surface area (Å²) < 4.78 is 5.27. The van der Waals surface area contributed by atoms with Crippen molar-refractivity contribution in [3.8, 4) is 0 Å². The van der Waals surface area contributed by atoms with E-state index in [1.807, 2.05) is 67.6 Å². The highest BCUT2D eigenvalue weighted by atomic mass is 16.5. The summed E-state index contributed by atoms with van der Waals surface area (Å²) in [5, 5.41) is 0. The molecule has 1 heterocycles. The van der Waals surface area contributed by atoms with Crippen molar-refractivity contribution in [2.75, 3.05) is 7.11 Å². The van der Waals surface area contributed by atoms with Gasteiger partial charge < -0.3 is 4.74 Å². The fourth-order valence-electron chi connectivity index (χ4n) is 3.93. The molecule has 0 aliphatic carbocycles. The lowest BCUT2D eigenvalue weighted by Gasteiger charge is -2.39. The second-order valence-corrected chi connectivity index (χ2v) is 7.40. The quantitative estimate of drug-likeness (QED) is 0.558. The number of carbonyl (C=O) groups excluding carboxylic acids is 2. The summed E-state index contributed by atoms with van der Waals surface area (Å²) in [4.78, 5) is 28.4. The topological polar surface area (TPSA) is 46.6 Å². The summed E-state index contributed by atoms with van der Waals surface area (Å²) in [7, 11) is 1.38. The Morgan fingerprint density at radius 1 is 1.10 bits per heavy atom. The van der Waals surface area contributed by atoms with Crippen LogP contribution >= 0.6 is 0 Å². The predicted molar refractivity (Wildman–Crippen MR) is 114 cm³/mol. The molecule has 150 valence electrons. The van der Waals surface area contributed by atoms with Crippen molar-refractivity contribution in [1.29, 1.82) is 0 Å². The van der Waals surface area contributed by atoms with Gasteiger partial charge in [-0.1, -0.05) is 73.2 Å². The van der Waals surface area contributed by atoms with Gasteiger partial charge in [0.15, 0.2) is 5.54 Å². The summed E-state index contributed by atoms with van der Waals surface area (Å²) in [5.41, 5.74) is 1.45. The van der Waals surface area contributed by atoms with Crippen LogP contribution in [0, 0.1) is 5.92 Å². The molecule has 1 aliphatic heterocycles. The van der Waals surface area contributed by atoms with E-state index in [4.69, 9.17) is 4.74 Å². The number of rotatable bonds is 4. The molecule has 0 aromatic heterocycles. The van der Waals surface area contributed by atoms with Crippen molar-refractivity contribution < 1.29 is 14.3 Å². The third-order valence-electron chi connectivity index (χ3n) is 5.58. The van der Waals surface area contributed by atoms with Crippen LogP contribution < -0.4 is 0 Å².